The molecule has 0 radical (unpaired) electrons. The summed E-state index contributed by atoms with van der Waals surface area (Å²) in [7, 11) is 1.73. The number of H-pyrrole nitrogens is 1. The second-order valence-corrected chi connectivity index (χ2v) is 5.02. The summed E-state index contributed by atoms with van der Waals surface area (Å²) in [6.07, 6.45) is 6.09. The molecule has 0 atom stereocenters. The molecule has 1 N–H and O–H groups in total. The lowest BCUT2D eigenvalue weighted by Gasteiger charge is -2.19. The molecule has 21 heavy (non-hydrogen) atoms. The van der Waals surface area contributed by atoms with Gasteiger partial charge in [0.05, 0.1) is 18.6 Å². The van der Waals surface area contributed by atoms with Gasteiger partial charge in [-0.3, -0.25) is 4.90 Å². The zero-order chi connectivity index (χ0) is 14.9. The van der Waals surface area contributed by atoms with Crippen molar-refractivity contribution in [2.45, 2.75) is 13.5 Å². The van der Waals surface area contributed by atoms with Gasteiger partial charge in [-0.25, -0.2) is 4.98 Å². The minimum absolute atomic E-state index is 0.725. The molecule has 1 aromatic heterocycles. The largest absolute Gasteiger partial charge is 0.383 e. The summed E-state index contributed by atoms with van der Waals surface area (Å²) in [4.78, 5) is 9.82. The number of hydrogen-bond acceptors (Lipinski definition) is 3. The van der Waals surface area contributed by atoms with Gasteiger partial charge in [0.2, 0.25) is 0 Å². The lowest BCUT2D eigenvalue weighted by atomic mass is 10.2. The Morgan fingerprint density at radius 2 is 2.10 bits per heavy atom. The molecule has 0 saturated carbocycles. The fraction of sp³-hybridized carbons (Fsp3) is 0.353. The van der Waals surface area contributed by atoms with E-state index in [2.05, 4.69) is 58.2 Å². The number of benzene rings is 1. The van der Waals surface area contributed by atoms with E-state index in [-0.39, 0.29) is 0 Å². The molecule has 0 saturated heterocycles. The van der Waals surface area contributed by atoms with Crippen LogP contribution in [0.4, 0.5) is 0 Å². The zero-order valence-electron chi connectivity index (χ0n) is 12.7. The molecule has 4 nitrogen and oxygen atoms in total. The maximum absolute atomic E-state index is 5.19. The fourth-order valence-corrected chi connectivity index (χ4v) is 2.12. The van der Waals surface area contributed by atoms with E-state index in [1.807, 2.05) is 6.07 Å². The standard InChI is InChI=1S/C17H23N3O/c1-15-17(19-14-18-15)13-20(11-12-21-2)10-6-9-16-7-4-3-5-8-16/h3-9,14H,10-13H2,1-2H3,(H,18,19). The molecule has 0 aliphatic rings. The molecule has 112 valence electrons. The molecule has 0 fully saturated rings. The van der Waals surface area contributed by atoms with Crippen LogP contribution in [0.25, 0.3) is 6.08 Å². The summed E-state index contributed by atoms with van der Waals surface area (Å²) in [6.45, 7) is 5.38. The van der Waals surface area contributed by atoms with E-state index in [1.165, 1.54) is 5.56 Å². The average Bonchev–Trinajstić information content (AvgIpc) is 2.91. The SMILES string of the molecule is COCCN(CC=Cc1ccccc1)Cc1nc[nH]c1C. The van der Waals surface area contributed by atoms with E-state index in [0.29, 0.717) is 0 Å². The van der Waals surface area contributed by atoms with Crippen LogP contribution in [0.1, 0.15) is 17.0 Å². The highest BCUT2D eigenvalue weighted by molar-refractivity contribution is 5.48. The Balaban J connectivity index is 1.93. The van der Waals surface area contributed by atoms with Crippen LogP contribution in [-0.4, -0.2) is 41.7 Å². The normalized spacial score (nSPS) is 11.6. The molecular formula is C17H23N3O. The third-order valence-electron chi connectivity index (χ3n) is 3.39. The van der Waals surface area contributed by atoms with Crippen molar-refractivity contribution in [3.8, 4) is 0 Å². The van der Waals surface area contributed by atoms with Crippen molar-refractivity contribution < 1.29 is 4.74 Å². The highest BCUT2D eigenvalue weighted by Gasteiger charge is 2.08. The van der Waals surface area contributed by atoms with Crippen LogP contribution in [0.3, 0.4) is 0 Å². The summed E-state index contributed by atoms with van der Waals surface area (Å²) >= 11 is 0. The Bertz CT molecular complexity index is 548. The van der Waals surface area contributed by atoms with E-state index in [1.54, 1.807) is 13.4 Å². The van der Waals surface area contributed by atoms with E-state index in [9.17, 15) is 0 Å². The Morgan fingerprint density at radius 1 is 1.29 bits per heavy atom. The predicted octanol–water partition coefficient (Wildman–Crippen LogP) is 2.88. The molecule has 4 heteroatoms. The highest BCUT2D eigenvalue weighted by Crippen LogP contribution is 2.07. The fourth-order valence-electron chi connectivity index (χ4n) is 2.12. The lowest BCUT2D eigenvalue weighted by Crippen LogP contribution is -2.27. The van der Waals surface area contributed by atoms with Crippen LogP contribution in [-0.2, 0) is 11.3 Å². The van der Waals surface area contributed by atoms with Crippen molar-refractivity contribution in [3.05, 3.63) is 59.7 Å². The minimum Gasteiger partial charge on any atom is -0.383 e. The molecule has 0 aliphatic carbocycles. The van der Waals surface area contributed by atoms with E-state index in [0.717, 1.165) is 37.6 Å². The molecule has 0 aliphatic heterocycles. The van der Waals surface area contributed by atoms with Gasteiger partial charge in [-0.05, 0) is 12.5 Å². The summed E-state index contributed by atoms with van der Waals surface area (Å²) in [5.74, 6) is 0. The van der Waals surface area contributed by atoms with E-state index in [4.69, 9.17) is 4.74 Å². The molecular weight excluding hydrogens is 262 g/mol. The second kappa shape index (κ2) is 8.39. The van der Waals surface area contributed by atoms with Crippen molar-refractivity contribution in [1.82, 2.24) is 14.9 Å². The van der Waals surface area contributed by atoms with Crippen LogP contribution in [0.5, 0.6) is 0 Å². The Labute approximate surface area is 126 Å². The number of aromatic nitrogens is 2. The van der Waals surface area contributed by atoms with Crippen LogP contribution >= 0.6 is 0 Å². The summed E-state index contributed by atoms with van der Waals surface area (Å²) in [5, 5.41) is 0. The number of hydrogen-bond donors (Lipinski definition) is 1. The van der Waals surface area contributed by atoms with Crippen molar-refractivity contribution in [1.29, 1.82) is 0 Å². The van der Waals surface area contributed by atoms with Crippen LogP contribution in [0, 0.1) is 6.92 Å². The summed E-state index contributed by atoms with van der Waals surface area (Å²) < 4.78 is 5.19. The maximum Gasteiger partial charge on any atom is 0.0925 e. The number of aryl methyl sites for hydroxylation is 1. The highest BCUT2D eigenvalue weighted by atomic mass is 16.5. The Kier molecular flexibility index (Phi) is 6.19. The number of aromatic amines is 1. The van der Waals surface area contributed by atoms with Crippen molar-refractivity contribution in [3.63, 3.8) is 0 Å². The topological polar surface area (TPSA) is 41.1 Å². The van der Waals surface area contributed by atoms with Gasteiger partial charge in [0, 0.05) is 32.4 Å². The Morgan fingerprint density at radius 3 is 2.76 bits per heavy atom. The average molecular weight is 285 g/mol. The predicted molar refractivity (Wildman–Crippen MR) is 86.0 cm³/mol. The quantitative estimate of drug-likeness (QED) is 0.811. The first-order valence-electron chi connectivity index (χ1n) is 7.21. The minimum atomic E-state index is 0.725. The number of methoxy groups -OCH3 is 1. The number of nitrogens with zero attached hydrogens (tertiary/aromatic N) is 2. The Hall–Kier alpha value is -1.91. The van der Waals surface area contributed by atoms with Gasteiger partial charge in [-0.15, -0.1) is 0 Å². The van der Waals surface area contributed by atoms with Gasteiger partial charge in [-0.2, -0.15) is 0 Å². The molecule has 1 heterocycles. The van der Waals surface area contributed by atoms with Crippen molar-refractivity contribution >= 4 is 6.08 Å². The molecule has 1 aromatic carbocycles. The van der Waals surface area contributed by atoms with Crippen LogP contribution in [0.15, 0.2) is 42.7 Å². The van der Waals surface area contributed by atoms with E-state index < -0.39 is 0 Å². The summed E-state index contributed by atoms with van der Waals surface area (Å²) in [6, 6.07) is 10.3. The maximum atomic E-state index is 5.19. The second-order valence-electron chi connectivity index (χ2n) is 5.02. The lowest BCUT2D eigenvalue weighted by molar-refractivity contribution is 0.150. The number of nitrogens with one attached hydrogen (secondary N) is 1. The first-order chi connectivity index (χ1) is 10.3. The molecule has 0 unspecified atom stereocenters. The van der Waals surface area contributed by atoms with Gasteiger partial charge in [0.1, 0.15) is 0 Å². The van der Waals surface area contributed by atoms with Crippen LogP contribution in [0.2, 0.25) is 0 Å². The van der Waals surface area contributed by atoms with Gasteiger partial charge >= 0.3 is 0 Å². The number of rotatable bonds is 8. The summed E-state index contributed by atoms with van der Waals surface area (Å²) in [5.41, 5.74) is 3.45. The number of ether oxygens (including phenoxy) is 1. The van der Waals surface area contributed by atoms with Gasteiger partial charge in [-0.1, -0.05) is 42.5 Å². The van der Waals surface area contributed by atoms with Crippen molar-refractivity contribution in [2.75, 3.05) is 26.8 Å². The molecule has 0 amide bonds. The van der Waals surface area contributed by atoms with Gasteiger partial charge in [0.25, 0.3) is 0 Å². The molecule has 0 bridgehead atoms. The molecule has 0 spiro atoms. The molecule has 2 rings (SSSR count). The first kappa shape index (κ1) is 15.5. The van der Waals surface area contributed by atoms with Gasteiger partial charge < -0.3 is 9.72 Å². The first-order valence-corrected chi connectivity index (χ1v) is 7.21. The molecule has 2 aromatic rings. The van der Waals surface area contributed by atoms with Crippen LogP contribution < -0.4 is 0 Å². The number of imidazole rings is 1. The third-order valence-corrected chi connectivity index (χ3v) is 3.39. The smallest absolute Gasteiger partial charge is 0.0925 e. The van der Waals surface area contributed by atoms with Gasteiger partial charge in [0.15, 0.2) is 0 Å². The van der Waals surface area contributed by atoms with E-state index >= 15 is 0 Å². The zero-order valence-corrected chi connectivity index (χ0v) is 12.7. The monoisotopic (exact) mass is 285 g/mol. The van der Waals surface area contributed by atoms with Crippen molar-refractivity contribution in [2.24, 2.45) is 0 Å². The third kappa shape index (κ3) is 5.17.